The minimum Gasteiger partial charge on any atom is -0.453 e. The summed E-state index contributed by atoms with van der Waals surface area (Å²) in [7, 11) is 0. The molecule has 3 nitrogen and oxygen atoms in total. The number of anilines is 1. The number of benzene rings is 1. The molecule has 0 unspecified atom stereocenters. The van der Waals surface area contributed by atoms with E-state index in [0.717, 1.165) is 30.6 Å². The van der Waals surface area contributed by atoms with Crippen molar-refractivity contribution in [1.82, 2.24) is 0 Å². The Morgan fingerprint density at radius 3 is 3.00 bits per heavy atom. The number of rotatable bonds is 2. The third-order valence-electron chi connectivity index (χ3n) is 2.84. The van der Waals surface area contributed by atoms with Gasteiger partial charge in [0, 0.05) is 17.8 Å². The molecule has 0 radical (unpaired) electrons. The van der Waals surface area contributed by atoms with Gasteiger partial charge in [-0.1, -0.05) is 0 Å². The largest absolute Gasteiger partial charge is 0.453 e. The summed E-state index contributed by atoms with van der Waals surface area (Å²) in [6.07, 6.45) is 1.77. The standard InChI is InChI=1S/C13H11NO2/c15-8-11-2-4-13(16-11)10-1-3-12-9(7-10)5-6-14-12/h1-4,7-8,14H,5-6H2. The third kappa shape index (κ3) is 1.41. The van der Waals surface area contributed by atoms with Crippen LogP contribution in [0.2, 0.25) is 0 Å². The smallest absolute Gasteiger partial charge is 0.185 e. The zero-order valence-electron chi connectivity index (χ0n) is 8.69. The van der Waals surface area contributed by atoms with E-state index in [1.165, 1.54) is 11.3 Å². The van der Waals surface area contributed by atoms with Crippen molar-refractivity contribution in [2.24, 2.45) is 0 Å². The summed E-state index contributed by atoms with van der Waals surface area (Å²) in [5.74, 6) is 1.12. The number of hydrogen-bond acceptors (Lipinski definition) is 3. The van der Waals surface area contributed by atoms with Crippen molar-refractivity contribution in [3.8, 4) is 11.3 Å². The highest BCUT2D eigenvalue weighted by Crippen LogP contribution is 2.29. The lowest BCUT2D eigenvalue weighted by Crippen LogP contribution is -1.90. The Bertz CT molecular complexity index is 543. The molecule has 1 aromatic carbocycles. The normalized spacial score (nSPS) is 13.2. The van der Waals surface area contributed by atoms with Crippen LogP contribution in [0.4, 0.5) is 5.69 Å². The molecule has 16 heavy (non-hydrogen) atoms. The van der Waals surface area contributed by atoms with Crippen molar-refractivity contribution in [2.45, 2.75) is 6.42 Å². The molecule has 2 aromatic rings. The molecule has 0 saturated carbocycles. The van der Waals surface area contributed by atoms with Crippen LogP contribution in [-0.2, 0) is 6.42 Å². The van der Waals surface area contributed by atoms with E-state index >= 15 is 0 Å². The third-order valence-corrected chi connectivity index (χ3v) is 2.84. The van der Waals surface area contributed by atoms with Gasteiger partial charge in [0.05, 0.1) is 0 Å². The van der Waals surface area contributed by atoms with Gasteiger partial charge >= 0.3 is 0 Å². The van der Waals surface area contributed by atoms with Crippen LogP contribution in [0.25, 0.3) is 11.3 Å². The Hall–Kier alpha value is -2.03. The fourth-order valence-corrected chi connectivity index (χ4v) is 2.03. The van der Waals surface area contributed by atoms with Crippen LogP contribution in [-0.4, -0.2) is 12.8 Å². The zero-order chi connectivity index (χ0) is 11.0. The van der Waals surface area contributed by atoms with Crippen molar-refractivity contribution in [1.29, 1.82) is 0 Å². The maximum atomic E-state index is 10.5. The van der Waals surface area contributed by atoms with Crippen LogP contribution in [0.1, 0.15) is 16.1 Å². The van der Waals surface area contributed by atoms with Crippen LogP contribution in [0, 0.1) is 0 Å². The number of nitrogens with one attached hydrogen (secondary N) is 1. The SMILES string of the molecule is O=Cc1ccc(-c2ccc3c(c2)CCN3)o1. The topological polar surface area (TPSA) is 42.2 Å². The highest BCUT2D eigenvalue weighted by atomic mass is 16.3. The van der Waals surface area contributed by atoms with Crippen LogP contribution < -0.4 is 5.32 Å². The molecular weight excluding hydrogens is 202 g/mol. The molecule has 3 rings (SSSR count). The first kappa shape index (κ1) is 9.21. The summed E-state index contributed by atoms with van der Waals surface area (Å²) >= 11 is 0. The maximum Gasteiger partial charge on any atom is 0.185 e. The van der Waals surface area contributed by atoms with Gasteiger partial charge in [0.25, 0.3) is 0 Å². The number of fused-ring (bicyclic) bond motifs is 1. The Morgan fingerprint density at radius 1 is 1.25 bits per heavy atom. The summed E-state index contributed by atoms with van der Waals surface area (Å²) in [4.78, 5) is 10.5. The van der Waals surface area contributed by atoms with Crippen molar-refractivity contribution >= 4 is 12.0 Å². The van der Waals surface area contributed by atoms with E-state index in [1.54, 1.807) is 6.07 Å². The van der Waals surface area contributed by atoms with E-state index in [0.29, 0.717) is 5.76 Å². The summed E-state index contributed by atoms with van der Waals surface area (Å²) in [6.45, 7) is 0.997. The molecule has 0 bridgehead atoms. The molecule has 1 aliphatic rings. The van der Waals surface area contributed by atoms with E-state index in [9.17, 15) is 4.79 Å². The molecule has 0 fully saturated rings. The highest BCUT2D eigenvalue weighted by Gasteiger charge is 2.12. The average Bonchev–Trinajstić information content (AvgIpc) is 2.96. The molecule has 0 spiro atoms. The van der Waals surface area contributed by atoms with Crippen LogP contribution in [0.5, 0.6) is 0 Å². The van der Waals surface area contributed by atoms with Gasteiger partial charge in [0.2, 0.25) is 0 Å². The first-order valence-electron chi connectivity index (χ1n) is 5.29. The van der Waals surface area contributed by atoms with E-state index < -0.39 is 0 Å². The van der Waals surface area contributed by atoms with E-state index in [4.69, 9.17) is 4.42 Å². The van der Waals surface area contributed by atoms with Gasteiger partial charge in [0.1, 0.15) is 5.76 Å². The zero-order valence-corrected chi connectivity index (χ0v) is 8.69. The highest BCUT2D eigenvalue weighted by molar-refractivity contribution is 5.73. The van der Waals surface area contributed by atoms with Crippen molar-refractivity contribution in [3.63, 3.8) is 0 Å². The minimum absolute atomic E-state index is 0.369. The maximum absolute atomic E-state index is 10.5. The molecule has 0 atom stereocenters. The molecule has 80 valence electrons. The predicted molar refractivity (Wildman–Crippen MR) is 61.7 cm³/mol. The predicted octanol–water partition coefficient (Wildman–Crippen LogP) is 2.73. The summed E-state index contributed by atoms with van der Waals surface area (Å²) in [5, 5.41) is 3.31. The molecule has 1 aliphatic heterocycles. The second-order valence-corrected chi connectivity index (χ2v) is 3.87. The minimum atomic E-state index is 0.369. The van der Waals surface area contributed by atoms with E-state index in [1.807, 2.05) is 12.1 Å². The molecular formula is C13H11NO2. The van der Waals surface area contributed by atoms with Crippen LogP contribution >= 0.6 is 0 Å². The summed E-state index contributed by atoms with van der Waals surface area (Å²) in [6, 6.07) is 9.69. The molecule has 1 aromatic heterocycles. The van der Waals surface area contributed by atoms with Gasteiger partial charge in [-0.15, -0.1) is 0 Å². The first-order valence-corrected chi connectivity index (χ1v) is 5.29. The lowest BCUT2D eigenvalue weighted by Gasteiger charge is -2.01. The van der Waals surface area contributed by atoms with E-state index in [2.05, 4.69) is 17.4 Å². The molecule has 0 aliphatic carbocycles. The van der Waals surface area contributed by atoms with Crippen molar-refractivity contribution in [2.75, 3.05) is 11.9 Å². The van der Waals surface area contributed by atoms with Gasteiger partial charge in [0.15, 0.2) is 12.0 Å². The fourth-order valence-electron chi connectivity index (χ4n) is 2.03. The number of furan rings is 1. The Balaban J connectivity index is 2.03. The van der Waals surface area contributed by atoms with Gasteiger partial charge < -0.3 is 9.73 Å². The summed E-state index contributed by atoms with van der Waals surface area (Å²) < 4.78 is 5.39. The molecule has 3 heteroatoms. The van der Waals surface area contributed by atoms with Crippen LogP contribution in [0.3, 0.4) is 0 Å². The van der Waals surface area contributed by atoms with Gasteiger partial charge in [-0.3, -0.25) is 4.79 Å². The molecule has 0 amide bonds. The van der Waals surface area contributed by atoms with E-state index in [-0.39, 0.29) is 0 Å². The van der Waals surface area contributed by atoms with Crippen molar-refractivity contribution in [3.05, 3.63) is 41.7 Å². The number of hydrogen-bond donors (Lipinski definition) is 1. The summed E-state index contributed by atoms with van der Waals surface area (Å²) in [5.41, 5.74) is 3.53. The van der Waals surface area contributed by atoms with Crippen LogP contribution in [0.15, 0.2) is 34.7 Å². The average molecular weight is 213 g/mol. The number of carbonyl (C=O) groups excluding carboxylic acids is 1. The lowest BCUT2D eigenvalue weighted by atomic mass is 10.1. The first-order chi connectivity index (χ1) is 7.86. The van der Waals surface area contributed by atoms with Crippen molar-refractivity contribution < 1.29 is 9.21 Å². The quantitative estimate of drug-likeness (QED) is 0.780. The Morgan fingerprint density at radius 2 is 2.19 bits per heavy atom. The second-order valence-electron chi connectivity index (χ2n) is 3.87. The Labute approximate surface area is 93.1 Å². The molecule has 1 N–H and O–H groups in total. The molecule has 0 saturated heterocycles. The number of aldehydes is 1. The van der Waals surface area contributed by atoms with Gasteiger partial charge in [-0.2, -0.15) is 0 Å². The fraction of sp³-hybridized carbons (Fsp3) is 0.154. The van der Waals surface area contributed by atoms with Gasteiger partial charge in [-0.05, 0) is 42.3 Å². The molecule has 2 heterocycles. The second kappa shape index (κ2) is 3.52. The lowest BCUT2D eigenvalue weighted by molar-refractivity contribution is 0.110. The monoisotopic (exact) mass is 213 g/mol. The van der Waals surface area contributed by atoms with Gasteiger partial charge in [-0.25, -0.2) is 0 Å². The Kier molecular flexibility index (Phi) is 2.03. The number of carbonyl (C=O) groups is 1.